The fourth-order valence-electron chi connectivity index (χ4n) is 1.55. The average molecular weight is 303 g/mol. The van der Waals surface area contributed by atoms with Crippen molar-refractivity contribution in [3.05, 3.63) is 28.2 Å². The van der Waals surface area contributed by atoms with Crippen LogP contribution in [-0.4, -0.2) is 29.8 Å². The van der Waals surface area contributed by atoms with E-state index in [1.807, 2.05) is 30.0 Å². The molecule has 0 amide bonds. The molecule has 88 valence electrons. The third-order valence-electron chi connectivity index (χ3n) is 2.32. The highest BCUT2D eigenvalue weighted by molar-refractivity contribution is 9.10. The smallest absolute Gasteiger partial charge is 0.106 e. The molecule has 0 aromatic heterocycles. The van der Waals surface area contributed by atoms with Crippen molar-refractivity contribution in [3.63, 3.8) is 0 Å². The van der Waals surface area contributed by atoms with Crippen LogP contribution in [0.1, 0.15) is 12.5 Å². The lowest BCUT2D eigenvalue weighted by Crippen LogP contribution is -2.28. The van der Waals surface area contributed by atoms with E-state index in [0.717, 1.165) is 22.3 Å². The number of rotatable bonds is 5. The first-order valence-corrected chi connectivity index (χ1v) is 6.25. The fourth-order valence-corrected chi connectivity index (χ4v) is 2.08. The Labute approximate surface area is 109 Å². The molecule has 0 atom stereocenters. The summed E-state index contributed by atoms with van der Waals surface area (Å²) in [6.45, 7) is 3.52. The summed E-state index contributed by atoms with van der Waals surface area (Å²) in [5.41, 5.74) is 7.49. The van der Waals surface area contributed by atoms with Crippen LogP contribution in [0, 0.1) is 0 Å². The van der Waals surface area contributed by atoms with Crippen molar-refractivity contribution in [2.24, 2.45) is 5.73 Å². The molecule has 0 saturated carbocycles. The predicted octanol–water partition coefficient (Wildman–Crippen LogP) is 1.90. The van der Waals surface area contributed by atoms with Crippen LogP contribution >= 0.6 is 28.1 Å². The van der Waals surface area contributed by atoms with Crippen LogP contribution < -0.4 is 10.6 Å². The second-order valence-electron chi connectivity index (χ2n) is 3.33. The Kier molecular flexibility index (Phi) is 5.18. The van der Waals surface area contributed by atoms with Gasteiger partial charge in [0, 0.05) is 28.8 Å². The number of aliphatic hydroxyl groups excluding tert-OH is 1. The Morgan fingerprint density at radius 2 is 2.25 bits per heavy atom. The van der Waals surface area contributed by atoms with Crippen LogP contribution in [0.25, 0.3) is 0 Å². The van der Waals surface area contributed by atoms with Gasteiger partial charge in [-0.3, -0.25) is 0 Å². The zero-order valence-electron chi connectivity index (χ0n) is 9.11. The Bertz CT molecular complexity index is 384. The molecule has 16 heavy (non-hydrogen) atoms. The van der Waals surface area contributed by atoms with Crippen LogP contribution in [0.4, 0.5) is 5.69 Å². The maximum absolute atomic E-state index is 9.00. The Morgan fingerprint density at radius 1 is 1.56 bits per heavy atom. The lowest BCUT2D eigenvalue weighted by atomic mass is 10.1. The molecular formula is C11H15BrN2OS. The van der Waals surface area contributed by atoms with Gasteiger partial charge in [0.15, 0.2) is 0 Å². The molecular weight excluding hydrogens is 288 g/mol. The van der Waals surface area contributed by atoms with Gasteiger partial charge in [-0.05, 0) is 25.1 Å². The summed E-state index contributed by atoms with van der Waals surface area (Å²) in [4.78, 5) is 2.41. The molecule has 3 nitrogen and oxygen atoms in total. The number of nitrogens with two attached hydrogens (primary N) is 1. The molecule has 1 rings (SSSR count). The van der Waals surface area contributed by atoms with Gasteiger partial charge in [0.1, 0.15) is 4.99 Å². The van der Waals surface area contributed by atoms with Crippen molar-refractivity contribution in [1.29, 1.82) is 0 Å². The number of hydrogen-bond acceptors (Lipinski definition) is 3. The number of likely N-dealkylation sites (N-methyl/N-ethyl adjacent to an activating group) is 1. The number of halogens is 1. The van der Waals surface area contributed by atoms with Crippen LogP contribution in [0.15, 0.2) is 22.7 Å². The highest BCUT2D eigenvalue weighted by Gasteiger charge is 2.11. The molecule has 3 N–H and O–H groups in total. The van der Waals surface area contributed by atoms with Gasteiger partial charge in [0.25, 0.3) is 0 Å². The summed E-state index contributed by atoms with van der Waals surface area (Å²) < 4.78 is 0.944. The molecule has 1 aromatic rings. The molecule has 0 heterocycles. The predicted molar refractivity (Wildman–Crippen MR) is 75.0 cm³/mol. The summed E-state index contributed by atoms with van der Waals surface area (Å²) in [6.07, 6.45) is 0. The van der Waals surface area contributed by atoms with Crippen molar-refractivity contribution in [2.75, 3.05) is 24.6 Å². The van der Waals surface area contributed by atoms with Gasteiger partial charge in [-0.2, -0.15) is 0 Å². The van der Waals surface area contributed by atoms with E-state index < -0.39 is 0 Å². The first kappa shape index (κ1) is 13.4. The van der Waals surface area contributed by atoms with E-state index in [-0.39, 0.29) is 6.61 Å². The van der Waals surface area contributed by atoms with Crippen molar-refractivity contribution >= 4 is 38.8 Å². The summed E-state index contributed by atoms with van der Waals surface area (Å²) >= 11 is 8.42. The van der Waals surface area contributed by atoms with Crippen LogP contribution in [0.2, 0.25) is 0 Å². The number of aliphatic hydroxyl groups is 1. The average Bonchev–Trinajstić information content (AvgIpc) is 2.26. The van der Waals surface area contributed by atoms with E-state index in [2.05, 4.69) is 15.9 Å². The third-order valence-corrected chi connectivity index (χ3v) is 3.03. The maximum atomic E-state index is 9.00. The standard InChI is InChI=1S/C11H15BrN2OS/c1-2-14(5-6-15)10-4-3-8(12)7-9(10)11(13)16/h3-4,7,15H,2,5-6H2,1H3,(H2,13,16). The van der Waals surface area contributed by atoms with Crippen molar-refractivity contribution < 1.29 is 5.11 Å². The molecule has 0 radical (unpaired) electrons. The van der Waals surface area contributed by atoms with E-state index in [1.54, 1.807) is 0 Å². The minimum atomic E-state index is 0.112. The van der Waals surface area contributed by atoms with Gasteiger partial charge < -0.3 is 15.7 Å². The van der Waals surface area contributed by atoms with Gasteiger partial charge in [-0.1, -0.05) is 28.1 Å². The van der Waals surface area contributed by atoms with Crippen LogP contribution in [0.5, 0.6) is 0 Å². The minimum absolute atomic E-state index is 0.112. The minimum Gasteiger partial charge on any atom is -0.395 e. The van der Waals surface area contributed by atoms with Gasteiger partial charge in [0.05, 0.1) is 6.61 Å². The second kappa shape index (κ2) is 6.18. The lowest BCUT2D eigenvalue weighted by Gasteiger charge is -2.24. The number of thiocarbonyl (C=S) groups is 1. The van der Waals surface area contributed by atoms with E-state index in [9.17, 15) is 0 Å². The number of anilines is 1. The number of benzene rings is 1. The van der Waals surface area contributed by atoms with Gasteiger partial charge >= 0.3 is 0 Å². The molecule has 0 bridgehead atoms. The van der Waals surface area contributed by atoms with Crippen LogP contribution in [-0.2, 0) is 0 Å². The molecule has 5 heteroatoms. The van der Waals surface area contributed by atoms with Crippen molar-refractivity contribution in [3.8, 4) is 0 Å². The van der Waals surface area contributed by atoms with Gasteiger partial charge in [-0.15, -0.1) is 0 Å². The summed E-state index contributed by atoms with van der Waals surface area (Å²) in [6, 6.07) is 5.80. The molecule has 0 fully saturated rings. The van der Waals surface area contributed by atoms with Crippen molar-refractivity contribution in [2.45, 2.75) is 6.92 Å². The van der Waals surface area contributed by atoms with Gasteiger partial charge in [-0.25, -0.2) is 0 Å². The first-order chi connectivity index (χ1) is 7.60. The quantitative estimate of drug-likeness (QED) is 0.816. The van der Waals surface area contributed by atoms with Crippen LogP contribution in [0.3, 0.4) is 0 Å². The number of nitrogens with zero attached hydrogens (tertiary/aromatic N) is 1. The van der Waals surface area contributed by atoms with Gasteiger partial charge in [0.2, 0.25) is 0 Å². The van der Waals surface area contributed by atoms with E-state index in [4.69, 9.17) is 23.1 Å². The van der Waals surface area contributed by atoms with Crippen molar-refractivity contribution in [1.82, 2.24) is 0 Å². The summed E-state index contributed by atoms with van der Waals surface area (Å²) in [5, 5.41) is 9.00. The Hall–Kier alpha value is -0.650. The molecule has 1 aromatic carbocycles. The topological polar surface area (TPSA) is 49.5 Å². The molecule has 0 aliphatic rings. The summed E-state index contributed by atoms with van der Waals surface area (Å²) in [5.74, 6) is 0. The first-order valence-electron chi connectivity index (χ1n) is 5.05. The maximum Gasteiger partial charge on any atom is 0.106 e. The number of hydrogen-bond donors (Lipinski definition) is 2. The Balaban J connectivity index is 3.14. The fraction of sp³-hybridized carbons (Fsp3) is 0.364. The summed E-state index contributed by atoms with van der Waals surface area (Å²) in [7, 11) is 0. The highest BCUT2D eigenvalue weighted by Crippen LogP contribution is 2.24. The molecule has 0 unspecified atom stereocenters. The third kappa shape index (κ3) is 3.17. The lowest BCUT2D eigenvalue weighted by molar-refractivity contribution is 0.302. The zero-order valence-corrected chi connectivity index (χ0v) is 11.5. The second-order valence-corrected chi connectivity index (χ2v) is 4.68. The van der Waals surface area contributed by atoms with E-state index in [1.165, 1.54) is 0 Å². The van der Waals surface area contributed by atoms with E-state index >= 15 is 0 Å². The monoisotopic (exact) mass is 302 g/mol. The molecule has 0 aliphatic heterocycles. The SMILES string of the molecule is CCN(CCO)c1ccc(Br)cc1C(N)=S. The highest BCUT2D eigenvalue weighted by atomic mass is 79.9. The molecule has 0 saturated heterocycles. The molecule has 0 spiro atoms. The normalized spacial score (nSPS) is 10.2. The largest absolute Gasteiger partial charge is 0.395 e. The Morgan fingerprint density at radius 3 is 2.75 bits per heavy atom. The molecule has 0 aliphatic carbocycles. The zero-order chi connectivity index (χ0) is 12.1. The van der Waals surface area contributed by atoms with E-state index in [0.29, 0.717) is 11.5 Å².